The van der Waals surface area contributed by atoms with Crippen LogP contribution in [0.1, 0.15) is 13.3 Å². The van der Waals surface area contributed by atoms with Gasteiger partial charge >= 0.3 is 5.97 Å². The molecule has 0 radical (unpaired) electrons. The number of carbonyl (C=O) groups excluding carboxylic acids is 1. The first-order valence-corrected chi connectivity index (χ1v) is 5.95. The van der Waals surface area contributed by atoms with Gasteiger partial charge in [0, 0.05) is 15.8 Å². The standard InChI is InChI=1S/C11H14INO2/c1-2-15-11(14)7-8-13-10-5-3-9(12)4-6-10/h3-6,13H,2,7-8H2,1H3. The van der Waals surface area contributed by atoms with Crippen molar-refractivity contribution in [3.05, 3.63) is 27.8 Å². The fourth-order valence-corrected chi connectivity index (χ4v) is 1.47. The summed E-state index contributed by atoms with van der Waals surface area (Å²) in [4.78, 5) is 11.0. The van der Waals surface area contributed by atoms with Crippen LogP contribution in [-0.2, 0) is 9.53 Å². The van der Waals surface area contributed by atoms with Gasteiger partial charge in [0.05, 0.1) is 13.0 Å². The number of esters is 1. The molecule has 0 heterocycles. The molecule has 0 spiro atoms. The molecule has 1 rings (SSSR count). The highest BCUT2D eigenvalue weighted by molar-refractivity contribution is 14.1. The minimum atomic E-state index is -0.157. The summed E-state index contributed by atoms with van der Waals surface area (Å²) < 4.78 is 6.02. The summed E-state index contributed by atoms with van der Waals surface area (Å²) >= 11 is 2.25. The van der Waals surface area contributed by atoms with Crippen molar-refractivity contribution < 1.29 is 9.53 Å². The van der Waals surface area contributed by atoms with Crippen LogP contribution in [0.25, 0.3) is 0 Å². The van der Waals surface area contributed by atoms with Crippen LogP contribution in [-0.4, -0.2) is 19.1 Å². The molecule has 0 bridgehead atoms. The molecule has 0 saturated heterocycles. The number of rotatable bonds is 5. The second kappa shape index (κ2) is 6.66. The number of anilines is 1. The Bertz CT molecular complexity index is 311. The smallest absolute Gasteiger partial charge is 0.307 e. The average Bonchev–Trinajstić information content (AvgIpc) is 2.21. The van der Waals surface area contributed by atoms with E-state index in [1.54, 1.807) is 0 Å². The minimum Gasteiger partial charge on any atom is -0.466 e. The number of hydrogen-bond acceptors (Lipinski definition) is 3. The Morgan fingerprint density at radius 3 is 2.67 bits per heavy atom. The van der Waals surface area contributed by atoms with Crippen molar-refractivity contribution in [2.75, 3.05) is 18.5 Å². The van der Waals surface area contributed by atoms with Gasteiger partial charge in [0.15, 0.2) is 0 Å². The maximum Gasteiger partial charge on any atom is 0.307 e. The van der Waals surface area contributed by atoms with Crippen LogP contribution in [0, 0.1) is 3.57 Å². The summed E-state index contributed by atoms with van der Waals surface area (Å²) in [6.07, 6.45) is 0.403. The molecule has 1 aromatic rings. The molecule has 0 atom stereocenters. The van der Waals surface area contributed by atoms with Crippen molar-refractivity contribution in [3.8, 4) is 0 Å². The van der Waals surface area contributed by atoms with E-state index < -0.39 is 0 Å². The lowest BCUT2D eigenvalue weighted by atomic mass is 10.3. The molecule has 82 valence electrons. The zero-order valence-electron chi connectivity index (χ0n) is 8.63. The summed E-state index contributed by atoms with van der Waals surface area (Å²) in [5, 5.41) is 3.16. The first-order chi connectivity index (χ1) is 7.22. The van der Waals surface area contributed by atoms with Gasteiger partial charge < -0.3 is 10.1 Å². The van der Waals surface area contributed by atoms with Gasteiger partial charge in [0.1, 0.15) is 0 Å². The van der Waals surface area contributed by atoms with Crippen LogP contribution >= 0.6 is 22.6 Å². The highest BCUT2D eigenvalue weighted by Crippen LogP contribution is 2.10. The zero-order valence-corrected chi connectivity index (χ0v) is 10.8. The molecule has 4 heteroatoms. The zero-order chi connectivity index (χ0) is 11.1. The van der Waals surface area contributed by atoms with Crippen molar-refractivity contribution in [1.29, 1.82) is 0 Å². The highest BCUT2D eigenvalue weighted by atomic mass is 127. The SMILES string of the molecule is CCOC(=O)CCNc1ccc(I)cc1. The van der Waals surface area contributed by atoms with Gasteiger partial charge in [0.2, 0.25) is 0 Å². The molecule has 1 N–H and O–H groups in total. The van der Waals surface area contributed by atoms with E-state index in [2.05, 4.69) is 27.9 Å². The van der Waals surface area contributed by atoms with Gasteiger partial charge in [-0.1, -0.05) is 0 Å². The summed E-state index contributed by atoms with van der Waals surface area (Å²) in [6.45, 7) is 2.87. The molecule has 0 aliphatic rings. The molecular formula is C11H14INO2. The minimum absolute atomic E-state index is 0.157. The van der Waals surface area contributed by atoms with Gasteiger partial charge in [-0.15, -0.1) is 0 Å². The summed E-state index contributed by atoms with van der Waals surface area (Å²) in [6, 6.07) is 8.03. The number of benzene rings is 1. The number of ether oxygens (including phenoxy) is 1. The van der Waals surface area contributed by atoms with Crippen molar-refractivity contribution in [1.82, 2.24) is 0 Å². The normalized spacial score (nSPS) is 9.73. The topological polar surface area (TPSA) is 38.3 Å². The maximum atomic E-state index is 11.0. The third kappa shape index (κ3) is 5.01. The van der Waals surface area contributed by atoms with Crippen LogP contribution in [0.3, 0.4) is 0 Å². The Morgan fingerprint density at radius 2 is 2.07 bits per heavy atom. The maximum absolute atomic E-state index is 11.0. The van der Waals surface area contributed by atoms with Crippen LogP contribution in [0.4, 0.5) is 5.69 Å². The Morgan fingerprint density at radius 1 is 1.40 bits per heavy atom. The van der Waals surface area contributed by atoms with Crippen LogP contribution in [0.2, 0.25) is 0 Å². The predicted octanol–water partition coefficient (Wildman–Crippen LogP) is 2.66. The fraction of sp³-hybridized carbons (Fsp3) is 0.364. The first kappa shape index (κ1) is 12.3. The molecule has 0 amide bonds. The van der Waals surface area contributed by atoms with Crippen LogP contribution in [0.15, 0.2) is 24.3 Å². The Hall–Kier alpha value is -0.780. The van der Waals surface area contributed by atoms with E-state index in [-0.39, 0.29) is 5.97 Å². The largest absolute Gasteiger partial charge is 0.466 e. The second-order valence-electron chi connectivity index (χ2n) is 2.99. The van der Waals surface area contributed by atoms with E-state index in [9.17, 15) is 4.79 Å². The van der Waals surface area contributed by atoms with E-state index in [1.807, 2.05) is 31.2 Å². The van der Waals surface area contributed by atoms with E-state index in [4.69, 9.17) is 4.74 Å². The van der Waals surface area contributed by atoms with E-state index in [0.717, 1.165) is 5.69 Å². The van der Waals surface area contributed by atoms with Crippen LogP contribution < -0.4 is 5.32 Å². The quantitative estimate of drug-likeness (QED) is 0.670. The van der Waals surface area contributed by atoms with E-state index in [1.165, 1.54) is 3.57 Å². The van der Waals surface area contributed by atoms with Gasteiger partial charge in [0.25, 0.3) is 0 Å². The Labute approximate surface area is 103 Å². The number of nitrogens with one attached hydrogen (secondary N) is 1. The lowest BCUT2D eigenvalue weighted by Crippen LogP contribution is -2.11. The molecule has 3 nitrogen and oxygen atoms in total. The molecule has 0 aromatic heterocycles. The summed E-state index contributed by atoms with van der Waals surface area (Å²) in [5.41, 5.74) is 1.03. The Balaban J connectivity index is 2.26. The lowest BCUT2D eigenvalue weighted by molar-refractivity contribution is -0.142. The lowest BCUT2D eigenvalue weighted by Gasteiger charge is -2.05. The monoisotopic (exact) mass is 319 g/mol. The van der Waals surface area contributed by atoms with Crippen molar-refractivity contribution in [2.45, 2.75) is 13.3 Å². The Kier molecular flexibility index (Phi) is 5.45. The summed E-state index contributed by atoms with van der Waals surface area (Å²) in [5.74, 6) is -0.157. The highest BCUT2D eigenvalue weighted by Gasteiger charge is 2.00. The second-order valence-corrected chi connectivity index (χ2v) is 4.23. The van der Waals surface area contributed by atoms with Crippen molar-refractivity contribution >= 4 is 34.2 Å². The molecule has 0 saturated carbocycles. The van der Waals surface area contributed by atoms with Gasteiger partial charge in [-0.2, -0.15) is 0 Å². The van der Waals surface area contributed by atoms with Crippen molar-refractivity contribution in [2.24, 2.45) is 0 Å². The van der Waals surface area contributed by atoms with Gasteiger partial charge in [-0.25, -0.2) is 0 Å². The molecule has 0 unspecified atom stereocenters. The van der Waals surface area contributed by atoms with E-state index in [0.29, 0.717) is 19.6 Å². The third-order valence-electron chi connectivity index (χ3n) is 1.81. The molecule has 1 aromatic carbocycles. The number of hydrogen-bond donors (Lipinski definition) is 1. The molecule has 0 aliphatic heterocycles. The fourth-order valence-electron chi connectivity index (χ4n) is 1.11. The first-order valence-electron chi connectivity index (χ1n) is 4.87. The van der Waals surface area contributed by atoms with E-state index >= 15 is 0 Å². The van der Waals surface area contributed by atoms with Gasteiger partial charge in [-0.05, 0) is 53.8 Å². The third-order valence-corrected chi connectivity index (χ3v) is 2.53. The average molecular weight is 319 g/mol. The predicted molar refractivity (Wildman–Crippen MR) is 68.9 cm³/mol. The molecule has 0 aliphatic carbocycles. The molecule has 15 heavy (non-hydrogen) atoms. The van der Waals surface area contributed by atoms with Crippen LogP contribution in [0.5, 0.6) is 0 Å². The van der Waals surface area contributed by atoms with Gasteiger partial charge in [-0.3, -0.25) is 4.79 Å². The van der Waals surface area contributed by atoms with Crippen molar-refractivity contribution in [3.63, 3.8) is 0 Å². The number of carbonyl (C=O) groups is 1. The molecule has 0 fully saturated rings. The number of halogens is 1. The summed E-state index contributed by atoms with van der Waals surface area (Å²) in [7, 11) is 0. The molecular weight excluding hydrogens is 305 g/mol.